The maximum Gasteiger partial charge on any atom is 0.257 e. The first-order valence-electron chi connectivity index (χ1n) is 12.5. The molecule has 0 aliphatic heterocycles. The van der Waals surface area contributed by atoms with Gasteiger partial charge < -0.3 is 19.1 Å². The van der Waals surface area contributed by atoms with Gasteiger partial charge in [0.2, 0.25) is 0 Å². The largest absolute Gasteiger partial charge is 0.497 e. The Morgan fingerprint density at radius 1 is 1.16 bits per heavy atom. The Bertz CT molecular complexity index is 1360. The van der Waals surface area contributed by atoms with Gasteiger partial charge in [-0.2, -0.15) is 11.8 Å². The molecule has 0 saturated carbocycles. The Morgan fingerprint density at radius 2 is 1.89 bits per heavy atom. The average Bonchev–Trinajstić information content (AvgIpc) is 3.39. The van der Waals surface area contributed by atoms with E-state index in [-0.39, 0.29) is 17.4 Å². The quantitative estimate of drug-likeness (QED) is 0.282. The van der Waals surface area contributed by atoms with Gasteiger partial charge in [0.15, 0.2) is 0 Å². The van der Waals surface area contributed by atoms with Crippen molar-refractivity contribution in [2.45, 2.75) is 59.0 Å². The third-order valence-corrected chi connectivity index (χ3v) is 7.28. The fourth-order valence-electron chi connectivity index (χ4n) is 4.51. The van der Waals surface area contributed by atoms with E-state index in [1.54, 1.807) is 32.7 Å². The lowest BCUT2D eigenvalue weighted by Crippen LogP contribution is -2.31. The van der Waals surface area contributed by atoms with Crippen molar-refractivity contribution in [1.29, 1.82) is 0 Å². The van der Waals surface area contributed by atoms with Crippen LogP contribution in [0.2, 0.25) is 0 Å². The van der Waals surface area contributed by atoms with Crippen molar-refractivity contribution in [2.75, 3.05) is 19.1 Å². The summed E-state index contributed by atoms with van der Waals surface area (Å²) in [5, 5.41) is 7.19. The predicted molar refractivity (Wildman–Crippen MR) is 150 cm³/mol. The van der Waals surface area contributed by atoms with E-state index in [1.807, 2.05) is 18.2 Å². The number of aromatic nitrogens is 3. The summed E-state index contributed by atoms with van der Waals surface area (Å²) >= 11 is 1.74. The number of carbonyl (C=O) groups is 1. The Morgan fingerprint density at radius 3 is 2.49 bits per heavy atom. The molecule has 8 heteroatoms. The second-order valence-corrected chi connectivity index (χ2v) is 11.4. The third-order valence-electron chi connectivity index (χ3n) is 6.63. The molecule has 0 aliphatic carbocycles. The number of amides is 1. The first kappa shape index (κ1) is 26.8. The van der Waals surface area contributed by atoms with Gasteiger partial charge in [0, 0.05) is 12.6 Å². The molecule has 4 rings (SSSR count). The molecule has 7 nitrogen and oxygen atoms in total. The summed E-state index contributed by atoms with van der Waals surface area (Å²) in [6.07, 6.45) is 2.80. The maximum atomic E-state index is 13.3. The molecule has 0 aliphatic rings. The molecule has 2 aromatic heterocycles. The highest BCUT2D eigenvalue weighted by Crippen LogP contribution is 2.29. The van der Waals surface area contributed by atoms with Crippen LogP contribution < -0.4 is 10.1 Å². The normalized spacial score (nSPS) is 12.6. The summed E-state index contributed by atoms with van der Waals surface area (Å²) in [7, 11) is 1.67. The molecule has 0 radical (unpaired) electrons. The zero-order valence-corrected chi connectivity index (χ0v) is 23.5. The molecule has 0 saturated heterocycles. The van der Waals surface area contributed by atoms with Crippen molar-refractivity contribution >= 4 is 28.7 Å². The Kier molecular flexibility index (Phi) is 7.97. The standard InChI is InChI=1S/C29H36N4O3S/c1-18-26(19(2)36-32-18)28(34)31-24(14-15-37-7)27-30-23-13-12-22(35-6)16-25(23)33(27)17-20-8-10-21(11-9-20)29(3,4)5/h8-13,16,24H,14-15,17H2,1-7H3,(H,31,34). The van der Waals surface area contributed by atoms with Gasteiger partial charge in [0.25, 0.3) is 5.91 Å². The van der Waals surface area contributed by atoms with Crippen LogP contribution in [0, 0.1) is 13.8 Å². The Hall–Kier alpha value is -3.26. The monoisotopic (exact) mass is 520 g/mol. The van der Waals surface area contributed by atoms with Crippen molar-refractivity contribution in [2.24, 2.45) is 0 Å². The second kappa shape index (κ2) is 11.0. The van der Waals surface area contributed by atoms with Gasteiger partial charge in [-0.15, -0.1) is 0 Å². The SMILES string of the molecule is COc1ccc2nc(C(CCSC)NC(=O)c3c(C)noc3C)n(Cc3ccc(C(C)(C)C)cc3)c2c1. The molecule has 1 atom stereocenters. The van der Waals surface area contributed by atoms with Crippen LogP contribution >= 0.6 is 11.8 Å². The van der Waals surface area contributed by atoms with E-state index >= 15 is 0 Å². The van der Waals surface area contributed by atoms with Gasteiger partial charge in [-0.25, -0.2) is 4.98 Å². The van der Waals surface area contributed by atoms with Crippen molar-refractivity contribution < 1.29 is 14.1 Å². The molecule has 1 amide bonds. The molecule has 0 bridgehead atoms. The van der Waals surface area contributed by atoms with Crippen LogP contribution in [0.5, 0.6) is 5.75 Å². The van der Waals surface area contributed by atoms with E-state index in [0.29, 0.717) is 23.6 Å². The Balaban J connectivity index is 1.77. The molecule has 196 valence electrons. The van der Waals surface area contributed by atoms with Gasteiger partial charge in [0.05, 0.1) is 29.9 Å². The zero-order valence-electron chi connectivity index (χ0n) is 22.7. The number of fused-ring (bicyclic) bond motifs is 1. The van der Waals surface area contributed by atoms with Crippen molar-refractivity contribution in [3.63, 3.8) is 0 Å². The molecule has 0 spiro atoms. The topological polar surface area (TPSA) is 82.2 Å². The number of rotatable bonds is 9. The van der Waals surface area contributed by atoms with Crippen molar-refractivity contribution in [3.8, 4) is 5.75 Å². The maximum absolute atomic E-state index is 13.3. The predicted octanol–water partition coefficient (Wildman–Crippen LogP) is 6.22. The van der Waals surface area contributed by atoms with Crippen LogP contribution in [0.15, 0.2) is 47.0 Å². The second-order valence-electron chi connectivity index (χ2n) is 10.4. The van der Waals surface area contributed by atoms with E-state index in [0.717, 1.165) is 40.3 Å². The number of hydrogen-bond acceptors (Lipinski definition) is 6. The highest BCUT2D eigenvalue weighted by Gasteiger charge is 2.26. The van der Waals surface area contributed by atoms with Gasteiger partial charge in [-0.3, -0.25) is 4.79 Å². The molecule has 4 aromatic rings. The molecular weight excluding hydrogens is 484 g/mol. The number of nitrogens with one attached hydrogen (secondary N) is 1. The summed E-state index contributed by atoms with van der Waals surface area (Å²) in [5.41, 5.74) is 5.43. The summed E-state index contributed by atoms with van der Waals surface area (Å²) in [4.78, 5) is 18.4. The summed E-state index contributed by atoms with van der Waals surface area (Å²) in [5.74, 6) is 2.77. The summed E-state index contributed by atoms with van der Waals surface area (Å²) < 4.78 is 13.0. The number of benzene rings is 2. The molecule has 0 fully saturated rings. The van der Waals surface area contributed by atoms with Crippen LogP contribution in [-0.4, -0.2) is 39.7 Å². The van der Waals surface area contributed by atoms with Gasteiger partial charge in [-0.05, 0) is 61.0 Å². The van der Waals surface area contributed by atoms with E-state index in [9.17, 15) is 4.79 Å². The van der Waals surface area contributed by atoms with E-state index < -0.39 is 0 Å². The highest BCUT2D eigenvalue weighted by atomic mass is 32.2. The zero-order chi connectivity index (χ0) is 26.7. The van der Waals surface area contributed by atoms with Crippen LogP contribution in [-0.2, 0) is 12.0 Å². The van der Waals surface area contributed by atoms with Crippen molar-refractivity contribution in [1.82, 2.24) is 20.0 Å². The molecule has 2 aromatic carbocycles. The number of ether oxygens (including phenoxy) is 1. The summed E-state index contributed by atoms with van der Waals surface area (Å²) in [6, 6.07) is 14.3. The Labute approximate surface area is 223 Å². The molecule has 37 heavy (non-hydrogen) atoms. The number of hydrogen-bond donors (Lipinski definition) is 1. The average molecular weight is 521 g/mol. The van der Waals surface area contributed by atoms with Gasteiger partial charge in [-0.1, -0.05) is 50.2 Å². The van der Waals surface area contributed by atoms with E-state index in [4.69, 9.17) is 14.2 Å². The molecule has 1 unspecified atom stereocenters. The molecule has 2 heterocycles. The lowest BCUT2D eigenvalue weighted by Gasteiger charge is -2.21. The minimum atomic E-state index is -0.291. The highest BCUT2D eigenvalue weighted by molar-refractivity contribution is 7.98. The minimum Gasteiger partial charge on any atom is -0.497 e. The summed E-state index contributed by atoms with van der Waals surface area (Å²) in [6.45, 7) is 10.8. The van der Waals surface area contributed by atoms with Crippen LogP contribution in [0.4, 0.5) is 0 Å². The van der Waals surface area contributed by atoms with Gasteiger partial charge in [0.1, 0.15) is 22.9 Å². The van der Waals surface area contributed by atoms with E-state index in [1.165, 1.54) is 5.56 Å². The molecule has 1 N–H and O–H groups in total. The first-order chi connectivity index (χ1) is 17.6. The fourth-order valence-corrected chi connectivity index (χ4v) is 4.98. The van der Waals surface area contributed by atoms with Crippen LogP contribution in [0.25, 0.3) is 11.0 Å². The third kappa shape index (κ3) is 5.85. The number of carbonyl (C=O) groups excluding carboxylic acids is 1. The van der Waals surface area contributed by atoms with Crippen LogP contribution in [0.3, 0.4) is 0 Å². The number of thioether (sulfide) groups is 1. The fraction of sp³-hybridized carbons (Fsp3) is 0.414. The smallest absolute Gasteiger partial charge is 0.257 e. The van der Waals surface area contributed by atoms with E-state index in [2.05, 4.69) is 66.3 Å². The number of methoxy groups -OCH3 is 1. The lowest BCUT2D eigenvalue weighted by atomic mass is 9.87. The number of aryl methyl sites for hydroxylation is 2. The number of nitrogens with zero attached hydrogens (tertiary/aromatic N) is 3. The van der Waals surface area contributed by atoms with Gasteiger partial charge >= 0.3 is 0 Å². The van der Waals surface area contributed by atoms with Crippen molar-refractivity contribution in [3.05, 3.63) is 76.4 Å². The van der Waals surface area contributed by atoms with Crippen LogP contribution in [0.1, 0.15) is 72.0 Å². The first-order valence-corrected chi connectivity index (χ1v) is 13.9. The minimum absolute atomic E-state index is 0.0875. The number of imidazole rings is 1. The lowest BCUT2D eigenvalue weighted by molar-refractivity contribution is 0.0931. The molecular formula is C29H36N4O3S.